The highest BCUT2D eigenvalue weighted by atomic mass is 16.5. The summed E-state index contributed by atoms with van der Waals surface area (Å²) in [5.41, 5.74) is 3.85. The van der Waals surface area contributed by atoms with E-state index in [9.17, 15) is 4.79 Å². The third kappa shape index (κ3) is 3.80. The van der Waals surface area contributed by atoms with Gasteiger partial charge in [-0.05, 0) is 56.9 Å². The number of carbonyl (C=O) groups is 1. The molecule has 1 heterocycles. The topological polar surface area (TPSA) is 40.0 Å². The Hall–Kier alpha value is -1.55. The quantitative estimate of drug-likeness (QED) is 0.841. The molecule has 0 radical (unpaired) electrons. The molecule has 4 nitrogen and oxygen atoms in total. The van der Waals surface area contributed by atoms with Crippen molar-refractivity contribution in [1.82, 2.24) is 0 Å². The molecule has 1 aliphatic heterocycles. The number of hydrogen-bond donors (Lipinski definition) is 1. The van der Waals surface area contributed by atoms with Crippen molar-refractivity contribution >= 4 is 5.97 Å². The number of esters is 1. The van der Waals surface area contributed by atoms with Crippen molar-refractivity contribution < 1.29 is 19.2 Å². The summed E-state index contributed by atoms with van der Waals surface area (Å²) in [4.78, 5) is 13.4. The van der Waals surface area contributed by atoms with Gasteiger partial charge in [0.15, 0.2) is 0 Å². The zero-order valence-electron chi connectivity index (χ0n) is 14.2. The van der Waals surface area contributed by atoms with Gasteiger partial charge in [-0.2, -0.15) is 0 Å². The summed E-state index contributed by atoms with van der Waals surface area (Å²) in [6, 6.07) is 4.20. The average Bonchev–Trinajstić information content (AvgIpc) is 2.53. The highest BCUT2D eigenvalue weighted by Gasteiger charge is 2.30. The Morgan fingerprint density at radius 3 is 2.77 bits per heavy atom. The highest BCUT2D eigenvalue weighted by molar-refractivity contribution is 5.72. The third-order valence-electron chi connectivity index (χ3n) is 4.75. The van der Waals surface area contributed by atoms with E-state index in [0.717, 1.165) is 38.2 Å². The largest absolute Gasteiger partial charge is 0.496 e. The Balaban J connectivity index is 2.04. The lowest BCUT2D eigenvalue weighted by Crippen LogP contribution is -3.12. The standard InChI is InChI=1S/C18H27NO3/c1-5-22-18(20)16-7-6-10-19(12-16)11-15-8-9-17(21-4)14(3)13(15)2/h8-9,16H,5-7,10-12H2,1-4H3/p+1/t16-/m0/s1. The van der Waals surface area contributed by atoms with Crippen LogP contribution in [0, 0.1) is 19.8 Å². The number of piperidine rings is 1. The van der Waals surface area contributed by atoms with Crippen LogP contribution in [0.1, 0.15) is 36.5 Å². The fraction of sp³-hybridized carbons (Fsp3) is 0.611. The molecular formula is C18H28NO3+. The minimum Gasteiger partial charge on any atom is -0.496 e. The average molecular weight is 306 g/mol. The first kappa shape index (κ1) is 16.8. The molecular weight excluding hydrogens is 278 g/mol. The monoisotopic (exact) mass is 306 g/mol. The van der Waals surface area contributed by atoms with E-state index >= 15 is 0 Å². The van der Waals surface area contributed by atoms with E-state index in [4.69, 9.17) is 9.47 Å². The first-order valence-electron chi connectivity index (χ1n) is 8.20. The summed E-state index contributed by atoms with van der Waals surface area (Å²) >= 11 is 0. The van der Waals surface area contributed by atoms with Crippen LogP contribution in [-0.2, 0) is 16.1 Å². The summed E-state index contributed by atoms with van der Waals surface area (Å²) in [6.45, 7) is 9.57. The van der Waals surface area contributed by atoms with Gasteiger partial charge >= 0.3 is 5.97 Å². The molecule has 122 valence electrons. The summed E-state index contributed by atoms with van der Waals surface area (Å²) in [7, 11) is 1.71. The van der Waals surface area contributed by atoms with E-state index in [1.807, 2.05) is 13.0 Å². The number of carbonyl (C=O) groups excluding carboxylic acids is 1. The van der Waals surface area contributed by atoms with Crippen molar-refractivity contribution in [2.75, 3.05) is 26.8 Å². The fourth-order valence-electron chi connectivity index (χ4n) is 3.31. The van der Waals surface area contributed by atoms with Gasteiger partial charge in [-0.25, -0.2) is 0 Å². The van der Waals surface area contributed by atoms with Crippen molar-refractivity contribution in [2.24, 2.45) is 5.92 Å². The van der Waals surface area contributed by atoms with Crippen molar-refractivity contribution in [3.05, 3.63) is 28.8 Å². The number of rotatable bonds is 5. The molecule has 2 atom stereocenters. The SMILES string of the molecule is CCOC(=O)[C@H]1CCC[NH+](Cc2ccc(OC)c(C)c2C)C1. The molecule has 0 amide bonds. The van der Waals surface area contributed by atoms with Crippen molar-refractivity contribution in [3.63, 3.8) is 0 Å². The van der Waals surface area contributed by atoms with Crippen LogP contribution in [0.5, 0.6) is 5.75 Å². The number of likely N-dealkylation sites (tertiary alicyclic amines) is 1. The summed E-state index contributed by atoms with van der Waals surface area (Å²) < 4.78 is 10.6. The molecule has 0 bridgehead atoms. The van der Waals surface area contributed by atoms with E-state index in [-0.39, 0.29) is 11.9 Å². The fourth-order valence-corrected chi connectivity index (χ4v) is 3.31. The normalized spacial score (nSPS) is 21.5. The second kappa shape index (κ2) is 7.63. The van der Waals surface area contributed by atoms with E-state index in [0.29, 0.717) is 6.61 Å². The molecule has 1 aromatic rings. The van der Waals surface area contributed by atoms with Gasteiger partial charge in [0.1, 0.15) is 18.2 Å². The predicted molar refractivity (Wildman–Crippen MR) is 86.2 cm³/mol. The molecule has 1 fully saturated rings. The van der Waals surface area contributed by atoms with Crippen LogP contribution in [0.15, 0.2) is 12.1 Å². The first-order chi connectivity index (χ1) is 10.6. The maximum atomic E-state index is 11.9. The van der Waals surface area contributed by atoms with E-state index < -0.39 is 0 Å². The van der Waals surface area contributed by atoms with E-state index in [1.54, 1.807) is 7.11 Å². The second-order valence-electron chi connectivity index (χ2n) is 6.15. The molecule has 0 spiro atoms. The molecule has 2 rings (SSSR count). The molecule has 1 unspecified atom stereocenters. The van der Waals surface area contributed by atoms with Gasteiger partial charge in [-0.3, -0.25) is 4.79 Å². The van der Waals surface area contributed by atoms with Crippen molar-refractivity contribution in [2.45, 2.75) is 40.2 Å². The lowest BCUT2D eigenvalue weighted by atomic mass is 9.96. The number of nitrogens with one attached hydrogen (secondary N) is 1. The van der Waals surface area contributed by atoms with Gasteiger partial charge in [-0.1, -0.05) is 0 Å². The first-order valence-corrected chi connectivity index (χ1v) is 8.20. The molecule has 0 aromatic heterocycles. The number of ether oxygens (including phenoxy) is 2. The molecule has 1 aliphatic rings. The van der Waals surface area contributed by atoms with E-state index in [1.165, 1.54) is 21.6 Å². The van der Waals surface area contributed by atoms with Gasteiger partial charge in [0.25, 0.3) is 0 Å². The summed E-state index contributed by atoms with van der Waals surface area (Å²) in [5.74, 6) is 0.977. The van der Waals surface area contributed by atoms with Crippen LogP contribution in [0.2, 0.25) is 0 Å². The van der Waals surface area contributed by atoms with Gasteiger partial charge in [0.05, 0.1) is 26.8 Å². The predicted octanol–water partition coefficient (Wildman–Crippen LogP) is 1.67. The number of benzene rings is 1. The van der Waals surface area contributed by atoms with Crippen LogP contribution in [0.25, 0.3) is 0 Å². The zero-order valence-corrected chi connectivity index (χ0v) is 14.2. The number of quaternary nitrogens is 1. The Bertz CT molecular complexity index is 527. The zero-order chi connectivity index (χ0) is 16.1. The maximum Gasteiger partial charge on any atom is 0.314 e. The lowest BCUT2D eigenvalue weighted by Gasteiger charge is -2.29. The Morgan fingerprint density at radius 1 is 1.32 bits per heavy atom. The minimum absolute atomic E-state index is 0.0256. The summed E-state index contributed by atoms with van der Waals surface area (Å²) in [6.07, 6.45) is 2.05. The van der Waals surface area contributed by atoms with Gasteiger partial charge in [-0.15, -0.1) is 0 Å². The maximum absolute atomic E-state index is 11.9. The Morgan fingerprint density at radius 2 is 2.09 bits per heavy atom. The van der Waals surface area contributed by atoms with Gasteiger partial charge < -0.3 is 14.4 Å². The Labute approximate surface area is 133 Å². The highest BCUT2D eigenvalue weighted by Crippen LogP contribution is 2.23. The van der Waals surface area contributed by atoms with Crippen LogP contribution in [0.4, 0.5) is 0 Å². The molecule has 1 saturated heterocycles. The van der Waals surface area contributed by atoms with Gasteiger partial charge in [0.2, 0.25) is 0 Å². The molecule has 1 aromatic carbocycles. The molecule has 0 aliphatic carbocycles. The summed E-state index contributed by atoms with van der Waals surface area (Å²) in [5, 5.41) is 0. The van der Waals surface area contributed by atoms with Crippen LogP contribution in [0.3, 0.4) is 0 Å². The van der Waals surface area contributed by atoms with Crippen molar-refractivity contribution in [1.29, 1.82) is 0 Å². The molecule has 1 N–H and O–H groups in total. The van der Waals surface area contributed by atoms with Crippen LogP contribution < -0.4 is 9.64 Å². The second-order valence-corrected chi connectivity index (χ2v) is 6.15. The Kier molecular flexibility index (Phi) is 5.83. The van der Waals surface area contributed by atoms with Crippen molar-refractivity contribution in [3.8, 4) is 5.75 Å². The number of methoxy groups -OCH3 is 1. The minimum atomic E-state index is -0.0256. The van der Waals surface area contributed by atoms with Crippen LogP contribution in [-0.4, -0.2) is 32.8 Å². The number of hydrogen-bond acceptors (Lipinski definition) is 3. The van der Waals surface area contributed by atoms with Crippen LogP contribution >= 0.6 is 0 Å². The van der Waals surface area contributed by atoms with Gasteiger partial charge in [0, 0.05) is 5.56 Å². The van der Waals surface area contributed by atoms with E-state index in [2.05, 4.69) is 19.9 Å². The molecule has 4 heteroatoms. The molecule has 22 heavy (non-hydrogen) atoms. The third-order valence-corrected chi connectivity index (χ3v) is 4.75. The molecule has 0 saturated carbocycles. The smallest absolute Gasteiger partial charge is 0.314 e. The lowest BCUT2D eigenvalue weighted by molar-refractivity contribution is -0.921.